The van der Waals surface area contributed by atoms with Gasteiger partial charge in [-0.15, -0.1) is 0 Å². The van der Waals surface area contributed by atoms with Gasteiger partial charge >= 0.3 is 11.9 Å². The van der Waals surface area contributed by atoms with Crippen LogP contribution in [0.15, 0.2) is 79.6 Å². The number of hydrogen-bond donors (Lipinski definition) is 12. The molecule has 9 atom stereocenters. The molecule has 398 valence electrons. The third-order valence-electron chi connectivity index (χ3n) is 12.7. The number of rotatable bonds is 27. The van der Waals surface area contributed by atoms with E-state index in [1.807, 2.05) is 0 Å². The lowest BCUT2D eigenvalue weighted by atomic mass is 9.96. The first-order valence-electron chi connectivity index (χ1n) is 24.3. The third-order valence-corrected chi connectivity index (χ3v) is 12.7. The van der Waals surface area contributed by atoms with Crippen molar-refractivity contribution in [3.63, 3.8) is 0 Å². The largest absolute Gasteiger partial charge is 0.508 e. The quantitative estimate of drug-likeness (QED) is 0.0362. The van der Waals surface area contributed by atoms with Crippen molar-refractivity contribution in [3.05, 3.63) is 102 Å². The summed E-state index contributed by atoms with van der Waals surface area (Å²) >= 11 is 0. The fraction of sp³-hybridized carbons (Fsp3) is 0.460. The summed E-state index contributed by atoms with van der Waals surface area (Å²) < 4.78 is 0. The Hall–Kier alpha value is -8.15. The van der Waals surface area contributed by atoms with Gasteiger partial charge in [-0.1, -0.05) is 76.6 Å². The van der Waals surface area contributed by atoms with Crippen molar-refractivity contribution in [2.45, 2.75) is 127 Å². The maximum absolute atomic E-state index is 14.6. The molecular weight excluding hydrogens is 961 g/mol. The van der Waals surface area contributed by atoms with Crippen molar-refractivity contribution < 1.29 is 58.5 Å². The van der Waals surface area contributed by atoms with E-state index in [9.17, 15) is 58.5 Å². The van der Waals surface area contributed by atoms with Gasteiger partial charge in [0.15, 0.2) is 0 Å². The Morgan fingerprint density at radius 3 is 1.74 bits per heavy atom. The summed E-state index contributed by atoms with van der Waals surface area (Å²) in [6.07, 6.45) is 5.47. The maximum Gasteiger partial charge on any atom is 0.326 e. The van der Waals surface area contributed by atoms with Crippen LogP contribution in [0.1, 0.15) is 75.9 Å². The van der Waals surface area contributed by atoms with Crippen LogP contribution in [0.3, 0.4) is 0 Å². The molecule has 4 aromatic rings. The first-order valence-corrected chi connectivity index (χ1v) is 24.3. The molecule has 1 aliphatic rings. The van der Waals surface area contributed by atoms with Gasteiger partial charge in [0.1, 0.15) is 48.0 Å². The molecule has 0 saturated carbocycles. The average molecular weight is 1030 g/mol. The van der Waals surface area contributed by atoms with Gasteiger partial charge in [0.2, 0.25) is 41.4 Å². The molecule has 0 spiro atoms. The number of carbonyl (C=O) groups excluding carboxylic acids is 7. The molecule has 0 bridgehead atoms. The predicted molar refractivity (Wildman–Crippen MR) is 265 cm³/mol. The highest BCUT2D eigenvalue weighted by Gasteiger charge is 2.41. The van der Waals surface area contributed by atoms with Crippen LogP contribution in [0.25, 0.3) is 0 Å². The Balaban J connectivity index is 1.37. The summed E-state index contributed by atoms with van der Waals surface area (Å²) in [4.78, 5) is 137. The van der Waals surface area contributed by atoms with Gasteiger partial charge in [0.05, 0.1) is 25.1 Å². The van der Waals surface area contributed by atoms with E-state index in [0.717, 1.165) is 0 Å². The summed E-state index contributed by atoms with van der Waals surface area (Å²) in [5.74, 6) is -9.35. The van der Waals surface area contributed by atoms with E-state index in [1.165, 1.54) is 54.2 Å². The lowest BCUT2D eigenvalue weighted by Crippen LogP contribution is -2.62. The number of carboxylic acids is 2. The van der Waals surface area contributed by atoms with Gasteiger partial charge in [-0.3, -0.25) is 38.4 Å². The summed E-state index contributed by atoms with van der Waals surface area (Å²) in [6.45, 7) is 6.88. The number of H-pyrrole nitrogens is 2. The average Bonchev–Trinajstić information content (AvgIpc) is 4.19. The molecule has 3 heterocycles. The number of benzene rings is 2. The molecule has 2 aromatic carbocycles. The van der Waals surface area contributed by atoms with E-state index in [2.05, 4.69) is 51.8 Å². The number of nitrogens with zero attached hydrogens (tertiary/aromatic N) is 3. The zero-order valence-electron chi connectivity index (χ0n) is 41.6. The number of phenolic OH excluding ortho intramolecular Hbond substituents is 1. The van der Waals surface area contributed by atoms with E-state index < -0.39 is 120 Å². The second kappa shape index (κ2) is 27.1. The number of nitrogens with two attached hydrogens (primary N) is 1. The minimum absolute atomic E-state index is 0.00151. The van der Waals surface area contributed by atoms with Crippen LogP contribution in [0.5, 0.6) is 5.75 Å². The second-order valence-electron chi connectivity index (χ2n) is 18.7. The van der Waals surface area contributed by atoms with Crippen LogP contribution in [0.2, 0.25) is 0 Å². The fourth-order valence-electron chi connectivity index (χ4n) is 8.37. The summed E-state index contributed by atoms with van der Waals surface area (Å²) in [5, 5.41) is 45.2. The maximum atomic E-state index is 14.6. The Kier molecular flexibility index (Phi) is 20.8. The van der Waals surface area contributed by atoms with Gasteiger partial charge in [0.25, 0.3) is 0 Å². The highest BCUT2D eigenvalue weighted by atomic mass is 16.4. The number of aromatic nitrogens is 4. The molecule has 2 aromatic heterocycles. The summed E-state index contributed by atoms with van der Waals surface area (Å²) in [6, 6.07) is 4.01. The molecule has 0 aliphatic carbocycles. The Bertz CT molecular complexity index is 2540. The van der Waals surface area contributed by atoms with Crippen molar-refractivity contribution in [3.8, 4) is 5.75 Å². The number of amides is 7. The lowest BCUT2D eigenvalue weighted by molar-refractivity contribution is -0.145. The molecule has 24 nitrogen and oxygen atoms in total. The Morgan fingerprint density at radius 1 is 0.662 bits per heavy atom. The first-order chi connectivity index (χ1) is 35.2. The number of likely N-dealkylation sites (tertiary alicyclic amines) is 1. The van der Waals surface area contributed by atoms with Crippen molar-refractivity contribution in [2.24, 2.45) is 17.6 Å². The predicted octanol–water partition coefficient (Wildman–Crippen LogP) is -0.403. The first kappa shape index (κ1) is 56.8. The summed E-state index contributed by atoms with van der Waals surface area (Å²) in [7, 11) is 0. The van der Waals surface area contributed by atoms with Crippen LogP contribution < -0.4 is 37.6 Å². The smallest absolute Gasteiger partial charge is 0.326 e. The number of aliphatic carboxylic acids is 2. The van der Waals surface area contributed by atoms with Crippen LogP contribution >= 0.6 is 0 Å². The minimum atomic E-state index is -1.50. The van der Waals surface area contributed by atoms with E-state index in [4.69, 9.17) is 5.73 Å². The standard InChI is InChI=1S/C50H66N12O12/c1-5-28(4)42(48(71)58-37(21-32-24-53-26-55-32)49(72)62-17-9-12-39(62)46(69)59-38(50(73)74)19-29-10-7-6-8-11-29)61-44(67)35(18-30-13-15-33(63)16-14-30)57-47(70)41(27(2)3)60-45(68)36(20-31-23-52-25-54-31)56-43(66)34(51)22-40(64)65/h6-8,10-11,13-16,23-28,34-39,41-42,63H,5,9,12,17-22,51H2,1-4H3,(H,52,54)(H,53,55)(H,56,66)(H,57,70)(H,58,71)(H,59,69)(H,60,68)(H,61,67)(H,64,65)(H,73,74)/t28-,34-,35-,36-,37-,38-,39-,41-,42-/m0/s1. The molecule has 5 rings (SSSR count). The van der Waals surface area contributed by atoms with Gasteiger partial charge in [-0.2, -0.15) is 0 Å². The van der Waals surface area contributed by atoms with Crippen LogP contribution in [0, 0.1) is 11.8 Å². The molecular formula is C50H66N12O12. The number of phenols is 1. The molecule has 24 heteroatoms. The van der Waals surface area contributed by atoms with E-state index in [-0.39, 0.29) is 44.4 Å². The molecule has 1 saturated heterocycles. The number of aromatic amines is 2. The third kappa shape index (κ3) is 16.4. The topological polar surface area (TPSA) is 373 Å². The molecule has 1 aliphatic heterocycles. The number of hydrogen-bond acceptors (Lipinski definition) is 13. The van der Waals surface area contributed by atoms with Crippen molar-refractivity contribution >= 4 is 53.3 Å². The van der Waals surface area contributed by atoms with Crippen molar-refractivity contribution in [1.82, 2.24) is 56.7 Å². The normalized spacial score (nSPS) is 16.5. The lowest BCUT2D eigenvalue weighted by Gasteiger charge is -2.32. The van der Waals surface area contributed by atoms with Gasteiger partial charge in [-0.25, -0.2) is 14.8 Å². The number of aromatic hydroxyl groups is 1. The van der Waals surface area contributed by atoms with Crippen LogP contribution in [-0.2, 0) is 68.8 Å². The molecule has 0 radical (unpaired) electrons. The number of imidazole rings is 2. The van der Waals surface area contributed by atoms with Crippen molar-refractivity contribution in [2.75, 3.05) is 6.54 Å². The van der Waals surface area contributed by atoms with Gasteiger partial charge in [0, 0.05) is 56.0 Å². The SMILES string of the molecule is CC[C@H](C)[C@H](NC(=O)[C@H](Cc1ccc(O)cc1)NC(=O)[C@@H](NC(=O)[C@H](Cc1cnc[nH]1)NC(=O)[C@@H](N)CC(=O)O)C(C)C)C(=O)N[C@@H](Cc1cnc[nH]1)C(=O)N1CCC[C@H]1C(=O)N[C@@H](Cc1ccccc1)C(=O)O. The Morgan fingerprint density at radius 2 is 1.19 bits per heavy atom. The number of carbonyl (C=O) groups is 9. The van der Waals surface area contributed by atoms with Crippen molar-refractivity contribution in [1.29, 1.82) is 0 Å². The van der Waals surface area contributed by atoms with E-state index in [1.54, 1.807) is 58.0 Å². The molecule has 1 fully saturated rings. The molecule has 13 N–H and O–H groups in total. The summed E-state index contributed by atoms with van der Waals surface area (Å²) in [5.41, 5.74) is 7.83. The zero-order chi connectivity index (χ0) is 54.1. The molecule has 74 heavy (non-hydrogen) atoms. The monoisotopic (exact) mass is 1030 g/mol. The van der Waals surface area contributed by atoms with Crippen LogP contribution in [-0.4, -0.2) is 148 Å². The van der Waals surface area contributed by atoms with E-state index >= 15 is 0 Å². The second-order valence-corrected chi connectivity index (χ2v) is 18.7. The minimum Gasteiger partial charge on any atom is -0.508 e. The number of nitrogens with one attached hydrogen (secondary N) is 8. The Labute approximate surface area is 426 Å². The fourth-order valence-corrected chi connectivity index (χ4v) is 8.37. The van der Waals surface area contributed by atoms with Gasteiger partial charge < -0.3 is 67.8 Å². The van der Waals surface area contributed by atoms with Gasteiger partial charge in [-0.05, 0) is 47.9 Å². The van der Waals surface area contributed by atoms with Crippen LogP contribution in [0.4, 0.5) is 0 Å². The number of carboxylic acid groups (broad SMARTS) is 2. The molecule has 0 unspecified atom stereocenters. The van der Waals surface area contributed by atoms with E-state index in [0.29, 0.717) is 35.4 Å². The highest BCUT2D eigenvalue weighted by Crippen LogP contribution is 2.21. The highest BCUT2D eigenvalue weighted by molar-refractivity contribution is 5.98. The zero-order valence-corrected chi connectivity index (χ0v) is 41.6. The molecule has 7 amide bonds.